The maximum Gasteiger partial charge on any atom is 0.151 e. The maximum absolute atomic E-state index is 10.4. The minimum absolute atomic E-state index is 0.700. The number of thiophene rings is 1. The summed E-state index contributed by atoms with van der Waals surface area (Å²) in [7, 11) is 0. The van der Waals surface area contributed by atoms with Gasteiger partial charge in [0, 0.05) is 24.5 Å². The fraction of sp³-hybridized carbons (Fsp3) is 0.100. The van der Waals surface area contributed by atoms with Crippen LogP contribution in [-0.4, -0.2) is 10.9 Å². The van der Waals surface area contributed by atoms with Crippen molar-refractivity contribution in [3.63, 3.8) is 0 Å². The fourth-order valence-corrected chi connectivity index (χ4v) is 2.17. The van der Waals surface area contributed by atoms with Gasteiger partial charge >= 0.3 is 0 Å². The van der Waals surface area contributed by atoms with E-state index in [0.29, 0.717) is 5.56 Å². The molecule has 72 valence electrons. The standard InChI is InChI=1S/C10H8ClNOS/c11-10-3-9(7-14-10)5-12-2-1-8(4-12)6-13/h1-4,6-7H,5H2. The molecule has 0 aliphatic heterocycles. The van der Waals surface area contributed by atoms with E-state index in [2.05, 4.69) is 0 Å². The molecule has 2 heterocycles. The quantitative estimate of drug-likeness (QED) is 0.736. The van der Waals surface area contributed by atoms with E-state index in [9.17, 15) is 4.79 Å². The van der Waals surface area contributed by atoms with Gasteiger partial charge in [0.2, 0.25) is 0 Å². The van der Waals surface area contributed by atoms with E-state index >= 15 is 0 Å². The van der Waals surface area contributed by atoms with Gasteiger partial charge in [0.05, 0.1) is 4.34 Å². The van der Waals surface area contributed by atoms with Crippen molar-refractivity contribution >= 4 is 29.2 Å². The minimum Gasteiger partial charge on any atom is -0.349 e. The van der Waals surface area contributed by atoms with Gasteiger partial charge < -0.3 is 4.57 Å². The smallest absolute Gasteiger partial charge is 0.151 e. The molecule has 2 aromatic heterocycles. The van der Waals surface area contributed by atoms with Crippen molar-refractivity contribution in [3.8, 4) is 0 Å². The predicted molar refractivity (Wildman–Crippen MR) is 58.3 cm³/mol. The second-order valence-electron chi connectivity index (χ2n) is 2.99. The molecule has 0 atom stereocenters. The average molecular weight is 226 g/mol. The zero-order valence-corrected chi connectivity index (χ0v) is 8.89. The summed E-state index contributed by atoms with van der Waals surface area (Å²) >= 11 is 7.33. The van der Waals surface area contributed by atoms with Gasteiger partial charge in [0.25, 0.3) is 0 Å². The molecule has 0 aromatic carbocycles. The second-order valence-corrected chi connectivity index (χ2v) is 4.54. The largest absolute Gasteiger partial charge is 0.349 e. The van der Waals surface area contributed by atoms with E-state index < -0.39 is 0 Å². The van der Waals surface area contributed by atoms with Gasteiger partial charge in [0.1, 0.15) is 0 Å². The number of aromatic nitrogens is 1. The number of nitrogens with zero attached hydrogens (tertiary/aromatic N) is 1. The Morgan fingerprint density at radius 1 is 1.57 bits per heavy atom. The Morgan fingerprint density at radius 2 is 2.43 bits per heavy atom. The first kappa shape index (κ1) is 9.49. The van der Waals surface area contributed by atoms with E-state index in [1.54, 1.807) is 6.07 Å². The van der Waals surface area contributed by atoms with Crippen LogP contribution in [0.5, 0.6) is 0 Å². The molecule has 0 saturated heterocycles. The number of halogens is 1. The molecule has 0 amide bonds. The van der Waals surface area contributed by atoms with Gasteiger partial charge in [-0.05, 0) is 23.1 Å². The third-order valence-electron chi connectivity index (χ3n) is 1.90. The molecule has 0 bridgehead atoms. The Morgan fingerprint density at radius 3 is 3.00 bits per heavy atom. The Bertz CT molecular complexity index is 446. The highest BCUT2D eigenvalue weighted by molar-refractivity contribution is 7.14. The highest BCUT2D eigenvalue weighted by Crippen LogP contribution is 2.20. The van der Waals surface area contributed by atoms with Crippen LogP contribution in [-0.2, 0) is 6.54 Å². The first-order chi connectivity index (χ1) is 6.78. The first-order valence-corrected chi connectivity index (χ1v) is 5.37. The normalized spacial score (nSPS) is 10.4. The molecule has 0 spiro atoms. The van der Waals surface area contributed by atoms with Gasteiger partial charge in [-0.1, -0.05) is 11.6 Å². The van der Waals surface area contributed by atoms with Crippen LogP contribution in [0.2, 0.25) is 4.34 Å². The van der Waals surface area contributed by atoms with Crippen LogP contribution >= 0.6 is 22.9 Å². The van der Waals surface area contributed by atoms with E-state index in [4.69, 9.17) is 11.6 Å². The highest BCUT2D eigenvalue weighted by Gasteiger charge is 1.99. The van der Waals surface area contributed by atoms with Gasteiger partial charge in [-0.15, -0.1) is 11.3 Å². The molecular weight excluding hydrogens is 218 g/mol. The lowest BCUT2D eigenvalue weighted by molar-refractivity contribution is 0.112. The average Bonchev–Trinajstić information content (AvgIpc) is 2.76. The summed E-state index contributed by atoms with van der Waals surface area (Å²) in [6, 6.07) is 3.73. The molecular formula is C10H8ClNOS. The third-order valence-corrected chi connectivity index (χ3v) is 3.04. The van der Waals surface area contributed by atoms with Crippen molar-refractivity contribution in [2.24, 2.45) is 0 Å². The van der Waals surface area contributed by atoms with Gasteiger partial charge in [-0.25, -0.2) is 0 Å². The second kappa shape index (κ2) is 3.98. The van der Waals surface area contributed by atoms with Crippen LogP contribution in [0.15, 0.2) is 29.9 Å². The molecule has 0 aliphatic rings. The number of hydrogen-bond donors (Lipinski definition) is 0. The van der Waals surface area contributed by atoms with Crippen molar-refractivity contribution in [1.82, 2.24) is 4.57 Å². The van der Waals surface area contributed by atoms with Crippen molar-refractivity contribution < 1.29 is 4.79 Å². The highest BCUT2D eigenvalue weighted by atomic mass is 35.5. The van der Waals surface area contributed by atoms with Gasteiger partial charge in [-0.2, -0.15) is 0 Å². The van der Waals surface area contributed by atoms with Crippen molar-refractivity contribution in [2.75, 3.05) is 0 Å². The SMILES string of the molecule is O=Cc1ccn(Cc2csc(Cl)c2)c1. The number of aldehydes is 1. The molecule has 0 unspecified atom stereocenters. The zero-order valence-electron chi connectivity index (χ0n) is 7.31. The number of carbonyl (C=O) groups excluding carboxylic acids is 1. The Kier molecular flexibility index (Phi) is 2.70. The molecule has 14 heavy (non-hydrogen) atoms. The fourth-order valence-electron chi connectivity index (χ4n) is 1.27. The summed E-state index contributed by atoms with van der Waals surface area (Å²) in [4.78, 5) is 10.4. The number of carbonyl (C=O) groups is 1. The lowest BCUT2D eigenvalue weighted by Gasteiger charge is -1.98. The molecule has 2 rings (SSSR count). The molecule has 0 saturated carbocycles. The summed E-state index contributed by atoms with van der Waals surface area (Å²) in [6.45, 7) is 0.761. The minimum atomic E-state index is 0.700. The number of hydrogen-bond acceptors (Lipinski definition) is 2. The third kappa shape index (κ3) is 2.05. The van der Waals surface area contributed by atoms with Gasteiger partial charge in [0.15, 0.2) is 6.29 Å². The maximum atomic E-state index is 10.4. The van der Waals surface area contributed by atoms with E-state index in [0.717, 1.165) is 22.7 Å². The van der Waals surface area contributed by atoms with Crippen molar-refractivity contribution in [3.05, 3.63) is 45.4 Å². The molecule has 0 radical (unpaired) electrons. The lowest BCUT2D eigenvalue weighted by atomic mass is 10.3. The molecule has 0 fully saturated rings. The summed E-state index contributed by atoms with van der Waals surface area (Å²) < 4.78 is 2.75. The Hall–Kier alpha value is -1.06. The molecule has 0 N–H and O–H groups in total. The van der Waals surface area contributed by atoms with Crippen LogP contribution in [0.4, 0.5) is 0 Å². The molecule has 0 aliphatic carbocycles. The Labute approximate surface area is 90.7 Å². The summed E-state index contributed by atoms with van der Waals surface area (Å²) in [5.74, 6) is 0. The van der Waals surface area contributed by atoms with Crippen LogP contribution in [0.3, 0.4) is 0 Å². The van der Waals surface area contributed by atoms with Crippen LogP contribution < -0.4 is 0 Å². The lowest BCUT2D eigenvalue weighted by Crippen LogP contribution is -1.93. The predicted octanol–water partition coefficient (Wildman–Crippen LogP) is 3.06. The van der Waals surface area contributed by atoms with E-state index in [1.807, 2.05) is 28.4 Å². The summed E-state index contributed by atoms with van der Waals surface area (Å²) in [5, 5.41) is 2.02. The topological polar surface area (TPSA) is 22.0 Å². The first-order valence-electron chi connectivity index (χ1n) is 4.12. The molecule has 2 nitrogen and oxygen atoms in total. The Balaban J connectivity index is 2.14. The van der Waals surface area contributed by atoms with Crippen LogP contribution in [0, 0.1) is 0 Å². The van der Waals surface area contributed by atoms with Crippen molar-refractivity contribution in [1.29, 1.82) is 0 Å². The van der Waals surface area contributed by atoms with E-state index in [-0.39, 0.29) is 0 Å². The summed E-state index contributed by atoms with van der Waals surface area (Å²) in [6.07, 6.45) is 4.55. The van der Waals surface area contributed by atoms with Crippen LogP contribution in [0.1, 0.15) is 15.9 Å². The monoisotopic (exact) mass is 225 g/mol. The number of rotatable bonds is 3. The summed E-state index contributed by atoms with van der Waals surface area (Å²) in [5.41, 5.74) is 1.86. The zero-order chi connectivity index (χ0) is 9.97. The van der Waals surface area contributed by atoms with E-state index in [1.165, 1.54) is 11.3 Å². The molecule has 4 heteroatoms. The molecule has 2 aromatic rings. The van der Waals surface area contributed by atoms with Gasteiger partial charge in [-0.3, -0.25) is 4.79 Å². The van der Waals surface area contributed by atoms with Crippen molar-refractivity contribution in [2.45, 2.75) is 6.54 Å². The van der Waals surface area contributed by atoms with Crippen LogP contribution in [0.25, 0.3) is 0 Å².